The van der Waals surface area contributed by atoms with Crippen molar-refractivity contribution in [2.24, 2.45) is 5.73 Å². The summed E-state index contributed by atoms with van der Waals surface area (Å²) < 4.78 is 5.29. The van der Waals surface area contributed by atoms with Crippen LogP contribution >= 0.6 is 11.6 Å². The summed E-state index contributed by atoms with van der Waals surface area (Å²) in [6.45, 7) is 3.82. The second-order valence-corrected chi connectivity index (χ2v) is 4.54. The first-order chi connectivity index (χ1) is 9.54. The standard InChI is InChI=1S/C15H14ClN2O2/c1-10-7-8-13(14(9-10)20-2)18(15(17)19)12-6-4-3-5-11(12)16/h3-9H,1H2,2H3,(H2,17,19). The summed E-state index contributed by atoms with van der Waals surface area (Å²) in [7, 11) is 1.52. The maximum atomic E-state index is 11.8. The number of amides is 2. The van der Waals surface area contributed by atoms with Gasteiger partial charge in [-0.1, -0.05) is 29.8 Å². The fourth-order valence-corrected chi connectivity index (χ4v) is 2.13. The molecular formula is C15H14ClN2O2. The van der Waals surface area contributed by atoms with Crippen LogP contribution in [0.4, 0.5) is 16.2 Å². The summed E-state index contributed by atoms with van der Waals surface area (Å²) in [6.07, 6.45) is 0. The minimum atomic E-state index is -0.645. The highest BCUT2D eigenvalue weighted by Crippen LogP contribution is 2.37. The van der Waals surface area contributed by atoms with Gasteiger partial charge in [0.25, 0.3) is 0 Å². The van der Waals surface area contributed by atoms with E-state index in [4.69, 9.17) is 22.1 Å². The Kier molecular flexibility index (Phi) is 4.15. The van der Waals surface area contributed by atoms with Crippen LogP contribution in [0.2, 0.25) is 5.02 Å². The maximum absolute atomic E-state index is 11.8. The van der Waals surface area contributed by atoms with Crippen molar-refractivity contribution in [3.05, 3.63) is 60.0 Å². The van der Waals surface area contributed by atoms with Crippen molar-refractivity contribution in [3.63, 3.8) is 0 Å². The molecule has 4 nitrogen and oxygen atoms in total. The average molecular weight is 290 g/mol. The smallest absolute Gasteiger partial charge is 0.324 e. The van der Waals surface area contributed by atoms with Crippen LogP contribution < -0.4 is 15.4 Å². The Morgan fingerprint density at radius 1 is 1.25 bits per heavy atom. The third-order valence-corrected chi connectivity index (χ3v) is 3.12. The summed E-state index contributed by atoms with van der Waals surface area (Å²) in [6, 6.07) is 11.5. The van der Waals surface area contributed by atoms with Crippen molar-refractivity contribution in [2.45, 2.75) is 0 Å². The van der Waals surface area contributed by atoms with E-state index in [1.54, 1.807) is 42.5 Å². The summed E-state index contributed by atoms with van der Waals surface area (Å²) in [5, 5.41) is 0.423. The molecule has 2 amide bonds. The normalized spacial score (nSPS) is 10.2. The lowest BCUT2D eigenvalue weighted by Gasteiger charge is -2.23. The van der Waals surface area contributed by atoms with Gasteiger partial charge in [-0.2, -0.15) is 0 Å². The molecule has 0 heterocycles. The number of nitrogens with zero attached hydrogens (tertiary/aromatic N) is 1. The van der Waals surface area contributed by atoms with E-state index in [0.717, 1.165) is 5.56 Å². The molecule has 0 atom stereocenters. The average Bonchev–Trinajstić information content (AvgIpc) is 2.42. The minimum absolute atomic E-state index is 0.423. The Labute approximate surface area is 122 Å². The van der Waals surface area contributed by atoms with E-state index >= 15 is 0 Å². The van der Waals surface area contributed by atoms with E-state index in [0.29, 0.717) is 22.1 Å². The molecule has 2 aromatic carbocycles. The Morgan fingerprint density at radius 2 is 1.95 bits per heavy atom. The number of halogens is 1. The topological polar surface area (TPSA) is 55.6 Å². The van der Waals surface area contributed by atoms with Gasteiger partial charge < -0.3 is 10.5 Å². The van der Waals surface area contributed by atoms with Crippen LogP contribution in [0.25, 0.3) is 0 Å². The number of benzene rings is 2. The minimum Gasteiger partial charge on any atom is -0.495 e. The van der Waals surface area contributed by atoms with Crippen molar-refractivity contribution in [1.82, 2.24) is 0 Å². The van der Waals surface area contributed by atoms with Crippen molar-refractivity contribution in [1.29, 1.82) is 0 Å². The number of primary amides is 1. The van der Waals surface area contributed by atoms with Gasteiger partial charge in [-0.15, -0.1) is 0 Å². The number of ether oxygens (including phenoxy) is 1. The van der Waals surface area contributed by atoms with Crippen molar-refractivity contribution in [3.8, 4) is 5.75 Å². The van der Waals surface area contributed by atoms with E-state index in [1.807, 2.05) is 0 Å². The van der Waals surface area contributed by atoms with E-state index in [-0.39, 0.29) is 0 Å². The third-order valence-electron chi connectivity index (χ3n) is 2.80. The highest BCUT2D eigenvalue weighted by Gasteiger charge is 2.21. The second-order valence-electron chi connectivity index (χ2n) is 4.13. The maximum Gasteiger partial charge on any atom is 0.324 e. The van der Waals surface area contributed by atoms with Gasteiger partial charge in [0.2, 0.25) is 0 Å². The Morgan fingerprint density at radius 3 is 2.55 bits per heavy atom. The van der Waals surface area contributed by atoms with E-state index < -0.39 is 6.03 Å². The van der Waals surface area contributed by atoms with Gasteiger partial charge >= 0.3 is 6.03 Å². The predicted octanol–water partition coefficient (Wildman–Crippen LogP) is 3.75. The molecule has 103 valence electrons. The highest BCUT2D eigenvalue weighted by molar-refractivity contribution is 6.34. The van der Waals surface area contributed by atoms with Crippen LogP contribution in [0.1, 0.15) is 5.56 Å². The summed E-state index contributed by atoms with van der Waals surface area (Å²) in [4.78, 5) is 13.1. The molecule has 0 aliphatic heterocycles. The molecule has 0 aromatic heterocycles. The molecule has 0 unspecified atom stereocenters. The van der Waals surface area contributed by atoms with Crippen LogP contribution in [0.5, 0.6) is 5.75 Å². The zero-order valence-electron chi connectivity index (χ0n) is 11.0. The van der Waals surface area contributed by atoms with E-state index in [2.05, 4.69) is 6.92 Å². The van der Waals surface area contributed by atoms with Crippen LogP contribution in [0, 0.1) is 6.92 Å². The molecule has 0 fully saturated rings. The van der Waals surface area contributed by atoms with Crippen LogP contribution in [0.15, 0.2) is 42.5 Å². The zero-order valence-corrected chi connectivity index (χ0v) is 11.7. The summed E-state index contributed by atoms with van der Waals surface area (Å²) in [5.74, 6) is 0.496. The van der Waals surface area contributed by atoms with Crippen LogP contribution in [0.3, 0.4) is 0 Å². The highest BCUT2D eigenvalue weighted by atomic mass is 35.5. The molecule has 20 heavy (non-hydrogen) atoms. The van der Waals surface area contributed by atoms with Gasteiger partial charge in [0, 0.05) is 0 Å². The molecule has 0 bridgehead atoms. The van der Waals surface area contributed by atoms with Crippen molar-refractivity contribution >= 4 is 29.0 Å². The lowest BCUT2D eigenvalue weighted by molar-refractivity contribution is 0.256. The number of nitrogens with two attached hydrogens (primary N) is 1. The first-order valence-corrected chi connectivity index (χ1v) is 6.26. The summed E-state index contributed by atoms with van der Waals surface area (Å²) in [5.41, 5.74) is 7.27. The SMILES string of the molecule is [CH2]c1ccc(N(C(N)=O)c2ccccc2Cl)c(OC)c1. The number of methoxy groups -OCH3 is 1. The number of carbonyl (C=O) groups is 1. The molecule has 0 aliphatic carbocycles. The fraction of sp³-hybridized carbons (Fsp3) is 0.0667. The zero-order chi connectivity index (χ0) is 14.7. The van der Waals surface area contributed by atoms with E-state index in [9.17, 15) is 4.79 Å². The third kappa shape index (κ3) is 2.70. The first kappa shape index (κ1) is 14.2. The lowest BCUT2D eigenvalue weighted by atomic mass is 10.1. The van der Waals surface area contributed by atoms with Gasteiger partial charge in [0.1, 0.15) is 5.75 Å². The van der Waals surface area contributed by atoms with Crippen LogP contribution in [-0.2, 0) is 0 Å². The van der Waals surface area contributed by atoms with Crippen LogP contribution in [-0.4, -0.2) is 13.1 Å². The van der Waals surface area contributed by atoms with Gasteiger partial charge in [-0.25, -0.2) is 4.79 Å². The molecule has 0 saturated carbocycles. The Bertz CT molecular complexity index is 644. The molecule has 2 N–H and O–H groups in total. The van der Waals surface area contributed by atoms with Gasteiger partial charge in [0.05, 0.1) is 23.5 Å². The largest absolute Gasteiger partial charge is 0.495 e. The van der Waals surface area contributed by atoms with E-state index in [1.165, 1.54) is 12.0 Å². The fourth-order valence-electron chi connectivity index (χ4n) is 1.91. The van der Waals surface area contributed by atoms with Gasteiger partial charge in [-0.3, -0.25) is 4.90 Å². The summed E-state index contributed by atoms with van der Waals surface area (Å²) >= 11 is 6.14. The predicted molar refractivity (Wildman–Crippen MR) is 80.6 cm³/mol. The molecule has 0 aliphatic rings. The lowest BCUT2D eigenvalue weighted by Crippen LogP contribution is -2.32. The molecule has 1 radical (unpaired) electrons. The number of urea groups is 1. The molecule has 0 saturated heterocycles. The number of anilines is 2. The molecule has 2 aromatic rings. The number of hydrogen-bond donors (Lipinski definition) is 1. The molecule has 5 heteroatoms. The van der Waals surface area contributed by atoms with Gasteiger partial charge in [0.15, 0.2) is 0 Å². The van der Waals surface area contributed by atoms with Crippen molar-refractivity contribution in [2.75, 3.05) is 12.0 Å². The number of para-hydroxylation sites is 1. The monoisotopic (exact) mass is 289 g/mol. The molecular weight excluding hydrogens is 276 g/mol. The second kappa shape index (κ2) is 5.84. The first-order valence-electron chi connectivity index (χ1n) is 5.88. The number of hydrogen-bond acceptors (Lipinski definition) is 2. The number of carbonyl (C=O) groups excluding carboxylic acids is 1. The van der Waals surface area contributed by atoms with Crippen molar-refractivity contribution < 1.29 is 9.53 Å². The number of rotatable bonds is 3. The Balaban J connectivity index is 2.61. The molecule has 0 spiro atoms. The quantitative estimate of drug-likeness (QED) is 0.935. The van der Waals surface area contributed by atoms with Gasteiger partial charge in [-0.05, 0) is 36.8 Å². The Hall–Kier alpha value is -2.20. The molecule has 2 rings (SSSR count).